The Labute approximate surface area is 277 Å². The third-order valence-electron chi connectivity index (χ3n) is 10.6. The molecule has 2 heterocycles. The van der Waals surface area contributed by atoms with Gasteiger partial charge in [-0.2, -0.15) is 0 Å². The molecule has 1 amide bonds. The molecule has 0 radical (unpaired) electrons. The van der Waals surface area contributed by atoms with Crippen LogP contribution in [-0.2, 0) is 19.1 Å². The van der Waals surface area contributed by atoms with Gasteiger partial charge in [0.2, 0.25) is 0 Å². The van der Waals surface area contributed by atoms with E-state index in [2.05, 4.69) is 39.9 Å². The quantitative estimate of drug-likeness (QED) is 0.144. The molecule has 262 valence electrons. The molecule has 2 saturated heterocycles. The third kappa shape index (κ3) is 12.4. The van der Waals surface area contributed by atoms with Crippen molar-refractivity contribution in [2.24, 2.45) is 0 Å². The molecule has 2 aliphatic heterocycles. The smallest absolute Gasteiger partial charge is 0.307 e. The second kappa shape index (κ2) is 18.4. The third-order valence-corrected chi connectivity index (χ3v) is 10.6. The van der Waals surface area contributed by atoms with Gasteiger partial charge in [-0.05, 0) is 73.1 Å². The largest absolute Gasteiger partial charge is 0.463 e. The molecule has 1 N–H and O–H groups in total. The van der Waals surface area contributed by atoms with Crippen LogP contribution in [-0.4, -0.2) is 51.8 Å². The van der Waals surface area contributed by atoms with Crippen LogP contribution in [0.3, 0.4) is 0 Å². The second-order valence-corrected chi connectivity index (χ2v) is 16.4. The van der Waals surface area contributed by atoms with Crippen molar-refractivity contribution in [2.75, 3.05) is 6.54 Å². The number of esters is 1. The molecule has 0 bridgehead atoms. The highest BCUT2D eigenvalue weighted by molar-refractivity contribution is 5.89. The van der Waals surface area contributed by atoms with Crippen molar-refractivity contribution in [3.63, 3.8) is 0 Å². The molecule has 3 fully saturated rings. The highest BCUT2D eigenvalue weighted by Gasteiger charge is 2.64. The van der Waals surface area contributed by atoms with Crippen LogP contribution in [0.2, 0.25) is 0 Å². The van der Waals surface area contributed by atoms with E-state index in [1.54, 1.807) is 0 Å². The first-order chi connectivity index (χ1) is 21.4. The van der Waals surface area contributed by atoms with Crippen LogP contribution >= 0.6 is 0 Å². The van der Waals surface area contributed by atoms with Gasteiger partial charge >= 0.3 is 5.97 Å². The molecule has 1 aliphatic carbocycles. The van der Waals surface area contributed by atoms with Gasteiger partial charge in [0.1, 0.15) is 5.72 Å². The molecule has 1 saturated carbocycles. The first-order valence-electron chi connectivity index (χ1n) is 19.4. The lowest BCUT2D eigenvalue weighted by atomic mass is 9.72. The van der Waals surface area contributed by atoms with Crippen molar-refractivity contribution in [2.45, 2.75) is 231 Å². The number of unbranched alkanes of at least 4 members (excludes halogenated alkanes) is 9. The SMILES string of the molecule is CCCCCCCCCCCCC(C)OC(=O)CCN1C(=O)C2(CC(C)(C)NC(C)(C)C2)OC12CCCCCCCCCCC2. The summed E-state index contributed by atoms with van der Waals surface area (Å²) in [7, 11) is 0. The molecule has 1 atom stereocenters. The van der Waals surface area contributed by atoms with Crippen molar-refractivity contribution in [1.29, 1.82) is 0 Å². The van der Waals surface area contributed by atoms with Crippen molar-refractivity contribution in [3.8, 4) is 0 Å². The summed E-state index contributed by atoms with van der Waals surface area (Å²) in [5.74, 6) is -0.0824. The Morgan fingerprint density at radius 2 is 1.24 bits per heavy atom. The van der Waals surface area contributed by atoms with E-state index < -0.39 is 11.3 Å². The zero-order valence-corrected chi connectivity index (χ0v) is 30.5. The predicted molar refractivity (Wildman–Crippen MR) is 186 cm³/mol. The van der Waals surface area contributed by atoms with Crippen LogP contribution in [0, 0.1) is 0 Å². The standard InChI is InChI=1S/C39H72N2O4/c1-7-8-9-10-11-12-14-17-20-23-26-33(2)44-34(42)27-30-41-35(43)38(31-36(3,4)40-37(5,6)32-38)45-39(41)28-24-21-18-15-13-16-19-22-25-29-39/h33,40H,7-32H2,1-6H3. The number of rotatable bonds is 15. The van der Waals surface area contributed by atoms with Gasteiger partial charge in [-0.3, -0.25) is 9.59 Å². The fourth-order valence-corrected chi connectivity index (χ4v) is 8.92. The summed E-state index contributed by atoms with van der Waals surface area (Å²) in [4.78, 5) is 29.7. The number of nitrogens with one attached hydrogen (secondary N) is 1. The van der Waals surface area contributed by atoms with Gasteiger partial charge < -0.3 is 19.7 Å². The van der Waals surface area contributed by atoms with E-state index in [0.717, 1.165) is 38.5 Å². The van der Waals surface area contributed by atoms with Gasteiger partial charge in [0.25, 0.3) is 5.91 Å². The van der Waals surface area contributed by atoms with Crippen LogP contribution in [0.15, 0.2) is 0 Å². The van der Waals surface area contributed by atoms with Gasteiger partial charge in [-0.1, -0.05) is 110 Å². The summed E-state index contributed by atoms with van der Waals surface area (Å²) in [5, 5.41) is 3.75. The van der Waals surface area contributed by atoms with E-state index in [1.165, 1.54) is 103 Å². The summed E-state index contributed by atoms with van der Waals surface area (Å²) in [6.45, 7) is 13.4. The van der Waals surface area contributed by atoms with E-state index >= 15 is 0 Å². The lowest BCUT2D eigenvalue weighted by molar-refractivity contribution is -0.177. The number of carbonyl (C=O) groups excluding carboxylic acids is 2. The van der Waals surface area contributed by atoms with Crippen molar-refractivity contribution >= 4 is 11.9 Å². The molecule has 6 heteroatoms. The number of hydrogen-bond acceptors (Lipinski definition) is 5. The van der Waals surface area contributed by atoms with E-state index in [9.17, 15) is 9.59 Å². The van der Waals surface area contributed by atoms with Gasteiger partial charge in [-0.25, -0.2) is 0 Å². The normalized spacial score (nSPS) is 23.9. The molecule has 1 unspecified atom stereocenters. The van der Waals surface area contributed by atoms with Crippen LogP contribution in [0.4, 0.5) is 0 Å². The maximum Gasteiger partial charge on any atom is 0.307 e. The molecule has 45 heavy (non-hydrogen) atoms. The maximum atomic E-state index is 14.6. The minimum atomic E-state index is -0.845. The van der Waals surface area contributed by atoms with Crippen molar-refractivity contribution in [1.82, 2.24) is 10.2 Å². The average molecular weight is 633 g/mol. The molecule has 0 aromatic heterocycles. The van der Waals surface area contributed by atoms with E-state index in [4.69, 9.17) is 9.47 Å². The van der Waals surface area contributed by atoms with E-state index in [1.807, 2.05) is 11.8 Å². The summed E-state index contributed by atoms with van der Waals surface area (Å²) in [6, 6.07) is 0. The Hall–Kier alpha value is -1.14. The molecule has 0 aromatic rings. The molecule has 3 rings (SSSR count). The minimum absolute atomic E-state index is 0.0790. The number of piperidine rings is 1. The number of carbonyl (C=O) groups is 2. The minimum Gasteiger partial charge on any atom is -0.463 e. The zero-order valence-electron chi connectivity index (χ0n) is 30.5. The van der Waals surface area contributed by atoms with Gasteiger partial charge in [0.15, 0.2) is 5.60 Å². The molecule has 6 nitrogen and oxygen atoms in total. The van der Waals surface area contributed by atoms with Gasteiger partial charge in [0.05, 0.1) is 12.5 Å². The molecular weight excluding hydrogens is 560 g/mol. The number of hydrogen-bond donors (Lipinski definition) is 1. The topological polar surface area (TPSA) is 67.9 Å². The second-order valence-electron chi connectivity index (χ2n) is 16.4. The Kier molecular flexibility index (Phi) is 15.7. The maximum absolute atomic E-state index is 14.6. The average Bonchev–Trinajstić information content (AvgIpc) is 3.14. The van der Waals surface area contributed by atoms with E-state index in [-0.39, 0.29) is 35.5 Å². The Bertz CT molecular complexity index is 856. The zero-order chi connectivity index (χ0) is 32.8. The molecule has 3 aliphatic rings. The molecule has 2 spiro atoms. The fraction of sp³-hybridized carbons (Fsp3) is 0.949. The first kappa shape index (κ1) is 38.3. The summed E-state index contributed by atoms with van der Waals surface area (Å²) in [5.41, 5.74) is -1.91. The Morgan fingerprint density at radius 3 is 1.76 bits per heavy atom. The Morgan fingerprint density at radius 1 is 0.778 bits per heavy atom. The van der Waals surface area contributed by atoms with Crippen molar-refractivity contribution < 1.29 is 19.1 Å². The van der Waals surface area contributed by atoms with Gasteiger partial charge in [-0.15, -0.1) is 0 Å². The fourth-order valence-electron chi connectivity index (χ4n) is 8.92. The lowest BCUT2D eigenvalue weighted by Crippen LogP contribution is -2.65. The highest BCUT2D eigenvalue weighted by atomic mass is 16.6. The van der Waals surface area contributed by atoms with E-state index in [0.29, 0.717) is 19.4 Å². The lowest BCUT2D eigenvalue weighted by Gasteiger charge is -2.50. The summed E-state index contributed by atoms with van der Waals surface area (Å²) in [6.07, 6.45) is 28.1. The first-order valence-corrected chi connectivity index (χ1v) is 19.4. The Balaban J connectivity index is 1.58. The number of nitrogens with zero attached hydrogens (tertiary/aromatic N) is 1. The van der Waals surface area contributed by atoms with Crippen molar-refractivity contribution in [3.05, 3.63) is 0 Å². The highest BCUT2D eigenvalue weighted by Crippen LogP contribution is 2.51. The van der Waals surface area contributed by atoms with Crippen LogP contribution in [0.25, 0.3) is 0 Å². The number of amides is 1. The molecule has 0 aromatic carbocycles. The van der Waals surface area contributed by atoms with Crippen LogP contribution in [0.1, 0.15) is 202 Å². The van der Waals surface area contributed by atoms with Crippen LogP contribution < -0.4 is 5.32 Å². The molecular formula is C39H72N2O4. The van der Waals surface area contributed by atoms with Gasteiger partial charge in [0, 0.05) is 30.5 Å². The monoisotopic (exact) mass is 633 g/mol. The summed E-state index contributed by atoms with van der Waals surface area (Å²) >= 11 is 0. The predicted octanol–water partition coefficient (Wildman–Crippen LogP) is 10.2. The summed E-state index contributed by atoms with van der Waals surface area (Å²) < 4.78 is 13.1. The van der Waals surface area contributed by atoms with Crippen LogP contribution in [0.5, 0.6) is 0 Å². The number of ether oxygens (including phenoxy) is 2.